The fourth-order valence-corrected chi connectivity index (χ4v) is 6.86. The minimum atomic E-state index is -1.24. The summed E-state index contributed by atoms with van der Waals surface area (Å²) in [5.74, 6) is -3.10. The van der Waals surface area contributed by atoms with Crippen LogP contribution in [0.3, 0.4) is 0 Å². The van der Waals surface area contributed by atoms with Gasteiger partial charge in [0, 0.05) is 0 Å². The van der Waals surface area contributed by atoms with Crippen molar-refractivity contribution in [3.63, 3.8) is 0 Å². The number of hydrogen-bond donors (Lipinski definition) is 2. The monoisotopic (exact) mass is 526 g/mol. The van der Waals surface area contributed by atoms with E-state index in [0.717, 1.165) is 0 Å². The largest absolute Gasteiger partial charge is 0.466 e. The number of ether oxygens (including phenoxy) is 2. The number of carbonyl (C=O) groups excluding carboxylic acids is 3. The Morgan fingerprint density at radius 3 is 2.51 bits per heavy atom. The number of aliphatic hydroxyl groups excluding tert-OH is 1. The second-order valence-electron chi connectivity index (χ2n) is 9.91. The molecule has 6 atom stereocenters. The Morgan fingerprint density at radius 2 is 1.86 bits per heavy atom. The maximum absolute atomic E-state index is 14.3. The molecule has 3 fully saturated rings. The molecule has 2 unspecified atom stereocenters. The van der Waals surface area contributed by atoms with E-state index in [0.29, 0.717) is 35.5 Å². The van der Waals surface area contributed by atoms with Gasteiger partial charge in [-0.2, -0.15) is 0 Å². The standard InChI is InChI=1S/C28H31ClN2O6/c1-3-27-14-15-28(37-27)21(22(27)26(35)36-4-2)25(34)31(20(16-32)17-10-6-5-7-11-17)23(28)24(33)30-19-13-9-8-12-18(19)29/h5-13,20-23,32H,3-4,14-16H2,1-2H3,(H,30,33)/t20-,21+,22+,23?,27-,28?/m1/s1. The minimum absolute atomic E-state index is 0.173. The average molecular weight is 527 g/mol. The zero-order valence-electron chi connectivity index (χ0n) is 20.9. The van der Waals surface area contributed by atoms with Crippen LogP contribution in [0.1, 0.15) is 44.7 Å². The number of nitrogens with one attached hydrogen (secondary N) is 1. The van der Waals surface area contributed by atoms with Gasteiger partial charge in [-0.25, -0.2) is 0 Å². The van der Waals surface area contributed by atoms with Crippen molar-refractivity contribution < 1.29 is 29.0 Å². The van der Waals surface area contributed by atoms with Crippen molar-refractivity contribution in [3.05, 3.63) is 65.2 Å². The molecule has 37 heavy (non-hydrogen) atoms. The topological polar surface area (TPSA) is 105 Å². The van der Waals surface area contributed by atoms with E-state index < -0.39 is 59.5 Å². The smallest absolute Gasteiger partial charge is 0.312 e. The third-order valence-electron chi connectivity index (χ3n) is 8.23. The molecule has 3 aliphatic heterocycles. The Bertz CT molecular complexity index is 1210. The lowest BCUT2D eigenvalue weighted by Crippen LogP contribution is -2.54. The van der Waals surface area contributed by atoms with Gasteiger partial charge in [0.05, 0.1) is 41.5 Å². The van der Waals surface area contributed by atoms with Gasteiger partial charge >= 0.3 is 5.97 Å². The summed E-state index contributed by atoms with van der Waals surface area (Å²) in [4.78, 5) is 43.0. The number of hydrogen-bond acceptors (Lipinski definition) is 6. The van der Waals surface area contributed by atoms with E-state index in [1.807, 2.05) is 25.1 Å². The van der Waals surface area contributed by atoms with Gasteiger partial charge in [0.15, 0.2) is 0 Å². The molecule has 5 rings (SSSR count). The zero-order valence-corrected chi connectivity index (χ0v) is 21.6. The number of nitrogens with zero attached hydrogens (tertiary/aromatic N) is 1. The summed E-state index contributed by atoms with van der Waals surface area (Å²) in [6.07, 6.45) is 1.45. The number of rotatable bonds is 8. The minimum Gasteiger partial charge on any atom is -0.466 e. The highest BCUT2D eigenvalue weighted by molar-refractivity contribution is 6.33. The highest BCUT2D eigenvalue weighted by Gasteiger charge is 2.79. The van der Waals surface area contributed by atoms with E-state index in [9.17, 15) is 19.5 Å². The van der Waals surface area contributed by atoms with Gasteiger partial charge in [0.1, 0.15) is 17.6 Å². The Labute approximate surface area is 220 Å². The number of anilines is 1. The predicted octanol–water partition coefficient (Wildman–Crippen LogP) is 3.73. The maximum Gasteiger partial charge on any atom is 0.312 e. The third-order valence-corrected chi connectivity index (χ3v) is 8.56. The molecule has 2 amide bonds. The van der Waals surface area contributed by atoms with Crippen LogP contribution >= 0.6 is 11.6 Å². The van der Waals surface area contributed by atoms with Crippen LogP contribution in [0.5, 0.6) is 0 Å². The molecule has 1 spiro atoms. The molecule has 8 nitrogen and oxygen atoms in total. The van der Waals surface area contributed by atoms with E-state index in [4.69, 9.17) is 21.1 Å². The molecule has 196 valence electrons. The first-order valence-corrected chi connectivity index (χ1v) is 13.1. The van der Waals surface area contributed by atoms with Crippen LogP contribution in [0.15, 0.2) is 54.6 Å². The molecule has 0 saturated carbocycles. The molecule has 9 heteroatoms. The van der Waals surface area contributed by atoms with Crippen molar-refractivity contribution in [2.24, 2.45) is 11.8 Å². The van der Waals surface area contributed by atoms with Crippen LogP contribution in [0.25, 0.3) is 0 Å². The number of para-hydroxylation sites is 1. The van der Waals surface area contributed by atoms with Gasteiger partial charge in [-0.1, -0.05) is 61.0 Å². The fourth-order valence-electron chi connectivity index (χ4n) is 6.68. The van der Waals surface area contributed by atoms with Gasteiger partial charge in [-0.05, 0) is 43.9 Å². The number of esters is 1. The van der Waals surface area contributed by atoms with Crippen LogP contribution in [0.4, 0.5) is 5.69 Å². The quantitative estimate of drug-likeness (QED) is 0.508. The van der Waals surface area contributed by atoms with Gasteiger partial charge in [-0.3, -0.25) is 14.4 Å². The lowest BCUT2D eigenvalue weighted by atomic mass is 9.65. The number of aliphatic hydroxyl groups is 1. The maximum atomic E-state index is 14.3. The molecule has 2 bridgehead atoms. The van der Waals surface area contributed by atoms with E-state index in [1.165, 1.54) is 4.90 Å². The van der Waals surface area contributed by atoms with Crippen molar-refractivity contribution in [3.8, 4) is 0 Å². The SMILES string of the molecule is CCOC(=O)[C@@H]1[C@H]2C(=O)N([C@H](CO)c3ccccc3)C(C(=O)Nc3ccccc3Cl)C23CC[C@@]1(CC)O3. The molecule has 0 aromatic heterocycles. The van der Waals surface area contributed by atoms with Gasteiger partial charge in [0.25, 0.3) is 0 Å². The van der Waals surface area contributed by atoms with E-state index in [2.05, 4.69) is 5.32 Å². The Balaban J connectivity index is 1.63. The van der Waals surface area contributed by atoms with Crippen LogP contribution in [0.2, 0.25) is 5.02 Å². The molecule has 3 heterocycles. The van der Waals surface area contributed by atoms with Crippen molar-refractivity contribution in [2.75, 3.05) is 18.5 Å². The lowest BCUT2D eigenvalue weighted by Gasteiger charge is -2.37. The number of likely N-dealkylation sites (tertiary alicyclic amines) is 1. The van der Waals surface area contributed by atoms with Gasteiger partial charge < -0.3 is 24.8 Å². The molecule has 3 aliphatic rings. The molecule has 2 aromatic carbocycles. The summed E-state index contributed by atoms with van der Waals surface area (Å²) in [7, 11) is 0. The van der Waals surface area contributed by atoms with Crippen molar-refractivity contribution >= 4 is 35.1 Å². The molecule has 2 N–H and O–H groups in total. The van der Waals surface area contributed by atoms with Gasteiger partial charge in [-0.15, -0.1) is 0 Å². The number of halogens is 1. The first-order chi connectivity index (χ1) is 17.8. The zero-order chi connectivity index (χ0) is 26.4. The number of fused-ring (bicyclic) bond motifs is 1. The van der Waals surface area contributed by atoms with E-state index >= 15 is 0 Å². The average Bonchev–Trinajstić information content (AvgIpc) is 3.51. The first-order valence-electron chi connectivity index (χ1n) is 12.7. The van der Waals surface area contributed by atoms with Crippen LogP contribution in [0, 0.1) is 11.8 Å². The van der Waals surface area contributed by atoms with E-state index in [1.54, 1.807) is 43.3 Å². The third kappa shape index (κ3) is 3.85. The van der Waals surface area contributed by atoms with Crippen LogP contribution in [-0.4, -0.2) is 58.2 Å². The van der Waals surface area contributed by atoms with Crippen LogP contribution in [-0.2, 0) is 23.9 Å². The second-order valence-corrected chi connectivity index (χ2v) is 10.3. The van der Waals surface area contributed by atoms with Crippen molar-refractivity contribution in [2.45, 2.75) is 56.4 Å². The number of carbonyl (C=O) groups is 3. The second kappa shape index (κ2) is 9.74. The summed E-state index contributed by atoms with van der Waals surface area (Å²) in [6.45, 7) is 3.41. The van der Waals surface area contributed by atoms with Crippen LogP contribution < -0.4 is 5.32 Å². The first kappa shape index (κ1) is 25.7. The lowest BCUT2D eigenvalue weighted by molar-refractivity contribution is -0.161. The van der Waals surface area contributed by atoms with E-state index in [-0.39, 0.29) is 6.61 Å². The molecule has 0 radical (unpaired) electrons. The fraction of sp³-hybridized carbons (Fsp3) is 0.464. The molecular formula is C28H31ClN2O6. The highest BCUT2D eigenvalue weighted by Crippen LogP contribution is 2.65. The van der Waals surface area contributed by atoms with Gasteiger partial charge in [0.2, 0.25) is 11.8 Å². The highest BCUT2D eigenvalue weighted by atomic mass is 35.5. The predicted molar refractivity (Wildman–Crippen MR) is 137 cm³/mol. The Morgan fingerprint density at radius 1 is 1.16 bits per heavy atom. The molecular weight excluding hydrogens is 496 g/mol. The molecule has 0 aliphatic carbocycles. The Hall–Kier alpha value is -2.94. The number of amides is 2. The van der Waals surface area contributed by atoms with Crippen molar-refractivity contribution in [1.82, 2.24) is 4.90 Å². The van der Waals surface area contributed by atoms with Crippen molar-refractivity contribution in [1.29, 1.82) is 0 Å². The molecule has 2 aromatic rings. The summed E-state index contributed by atoms with van der Waals surface area (Å²) in [5, 5.41) is 13.7. The summed E-state index contributed by atoms with van der Waals surface area (Å²) in [6, 6.07) is 14.0. The summed E-state index contributed by atoms with van der Waals surface area (Å²) in [5.41, 5.74) is -1.04. The molecule has 3 saturated heterocycles. The normalized spacial score (nSPS) is 30.8. The summed E-state index contributed by atoms with van der Waals surface area (Å²) < 4.78 is 12.1. The Kier molecular flexibility index (Phi) is 6.77. The summed E-state index contributed by atoms with van der Waals surface area (Å²) >= 11 is 6.33. The number of benzene rings is 2.